The Kier molecular flexibility index (Phi) is 5.27. The fraction of sp³-hybridized carbons (Fsp3) is 0.500. The fourth-order valence-corrected chi connectivity index (χ4v) is 4.16. The molecule has 0 radical (unpaired) electrons. The molecule has 8 heteroatoms. The number of hydrogen-bond donors (Lipinski definition) is 2. The first-order chi connectivity index (χ1) is 11.6. The first kappa shape index (κ1) is 17.1. The third-order valence-corrected chi connectivity index (χ3v) is 6.02. The summed E-state index contributed by atoms with van der Waals surface area (Å²) in [5.41, 5.74) is 1.11. The van der Waals surface area contributed by atoms with Crippen molar-refractivity contribution in [2.24, 2.45) is 0 Å². The number of rotatable bonds is 7. The SMILES string of the molecule is CCc1nnc(C2CC(S(=O)(=O)NCCc3ccccc3)CN2)o1. The highest BCUT2D eigenvalue weighted by Gasteiger charge is 2.36. The molecule has 1 aromatic heterocycles. The number of aromatic nitrogens is 2. The molecular formula is C16H22N4O3S. The van der Waals surface area contributed by atoms with Crippen LogP contribution in [0.3, 0.4) is 0 Å². The minimum Gasteiger partial charge on any atom is -0.424 e. The molecule has 0 amide bonds. The van der Waals surface area contributed by atoms with Crippen LogP contribution in [0.1, 0.15) is 36.7 Å². The number of hydrogen-bond acceptors (Lipinski definition) is 6. The van der Waals surface area contributed by atoms with Crippen molar-refractivity contribution in [2.45, 2.75) is 37.5 Å². The molecular weight excluding hydrogens is 328 g/mol. The number of nitrogens with one attached hydrogen (secondary N) is 2. The largest absolute Gasteiger partial charge is 0.424 e. The number of aryl methyl sites for hydroxylation is 1. The maximum Gasteiger partial charge on any atom is 0.233 e. The van der Waals surface area contributed by atoms with Gasteiger partial charge in [0.05, 0.1) is 11.3 Å². The summed E-state index contributed by atoms with van der Waals surface area (Å²) in [5.74, 6) is 1.04. The van der Waals surface area contributed by atoms with E-state index < -0.39 is 15.3 Å². The lowest BCUT2D eigenvalue weighted by atomic mass is 10.2. The van der Waals surface area contributed by atoms with E-state index in [1.807, 2.05) is 37.3 Å². The Balaban J connectivity index is 1.53. The molecule has 130 valence electrons. The Hall–Kier alpha value is -1.77. The second kappa shape index (κ2) is 7.42. The van der Waals surface area contributed by atoms with Crippen molar-refractivity contribution in [3.05, 3.63) is 47.7 Å². The normalized spacial score (nSPS) is 21.2. The smallest absolute Gasteiger partial charge is 0.233 e. The molecule has 2 N–H and O–H groups in total. The van der Waals surface area contributed by atoms with Crippen LogP contribution >= 0.6 is 0 Å². The third-order valence-electron chi connectivity index (χ3n) is 4.17. The van der Waals surface area contributed by atoms with Crippen molar-refractivity contribution in [1.29, 1.82) is 0 Å². The molecule has 3 rings (SSSR count). The van der Waals surface area contributed by atoms with Gasteiger partial charge in [-0.2, -0.15) is 0 Å². The Morgan fingerprint density at radius 1 is 1.29 bits per heavy atom. The molecule has 0 aliphatic carbocycles. The van der Waals surface area contributed by atoms with Gasteiger partial charge in [-0.25, -0.2) is 13.1 Å². The van der Waals surface area contributed by atoms with Gasteiger partial charge in [0, 0.05) is 19.5 Å². The molecule has 7 nitrogen and oxygen atoms in total. The predicted molar refractivity (Wildman–Crippen MR) is 89.9 cm³/mol. The highest BCUT2D eigenvalue weighted by atomic mass is 32.2. The molecule has 2 aromatic rings. The van der Waals surface area contributed by atoms with E-state index in [-0.39, 0.29) is 6.04 Å². The van der Waals surface area contributed by atoms with Crippen LogP contribution in [0.4, 0.5) is 0 Å². The molecule has 1 aliphatic heterocycles. The number of nitrogens with zero attached hydrogens (tertiary/aromatic N) is 2. The average Bonchev–Trinajstić information content (AvgIpc) is 3.25. The van der Waals surface area contributed by atoms with E-state index in [1.54, 1.807) is 0 Å². The summed E-state index contributed by atoms with van der Waals surface area (Å²) in [6, 6.07) is 9.62. The van der Waals surface area contributed by atoms with Crippen LogP contribution < -0.4 is 10.0 Å². The second-order valence-corrected chi connectivity index (χ2v) is 7.93. The van der Waals surface area contributed by atoms with Crippen molar-refractivity contribution < 1.29 is 12.8 Å². The Labute approximate surface area is 141 Å². The standard InChI is InChI=1S/C16H22N4O3S/c1-2-15-19-20-16(23-15)14-10-13(11-17-14)24(21,22)18-9-8-12-6-4-3-5-7-12/h3-7,13-14,17-18H,2,8-11H2,1H3. The minimum absolute atomic E-state index is 0.200. The van der Waals surface area contributed by atoms with E-state index in [9.17, 15) is 8.42 Å². The molecule has 2 unspecified atom stereocenters. The van der Waals surface area contributed by atoms with Crippen molar-refractivity contribution in [1.82, 2.24) is 20.2 Å². The zero-order chi connectivity index (χ0) is 17.0. The molecule has 1 fully saturated rings. The number of sulfonamides is 1. The van der Waals surface area contributed by atoms with Crippen molar-refractivity contribution in [3.63, 3.8) is 0 Å². The van der Waals surface area contributed by atoms with Gasteiger partial charge in [-0.15, -0.1) is 10.2 Å². The van der Waals surface area contributed by atoms with Crippen LogP contribution in [-0.4, -0.2) is 37.0 Å². The summed E-state index contributed by atoms with van der Waals surface area (Å²) in [6.07, 6.45) is 1.78. The van der Waals surface area contributed by atoms with E-state index in [1.165, 1.54) is 0 Å². The van der Waals surface area contributed by atoms with Crippen molar-refractivity contribution in [3.8, 4) is 0 Å². The average molecular weight is 350 g/mol. The molecule has 0 saturated carbocycles. The summed E-state index contributed by atoms with van der Waals surface area (Å²) in [7, 11) is -3.37. The molecule has 0 spiro atoms. The van der Waals surface area contributed by atoms with Crippen LogP contribution in [0.25, 0.3) is 0 Å². The summed E-state index contributed by atoms with van der Waals surface area (Å²) in [6.45, 7) is 2.71. The van der Waals surface area contributed by atoms with Gasteiger partial charge >= 0.3 is 0 Å². The zero-order valence-corrected chi connectivity index (χ0v) is 14.4. The summed E-state index contributed by atoms with van der Waals surface area (Å²) >= 11 is 0. The molecule has 2 atom stereocenters. The van der Waals surface area contributed by atoms with E-state index in [0.29, 0.717) is 44.1 Å². The molecule has 24 heavy (non-hydrogen) atoms. The summed E-state index contributed by atoms with van der Waals surface area (Å²) < 4.78 is 33.1. The first-order valence-corrected chi connectivity index (χ1v) is 9.71. The van der Waals surface area contributed by atoms with Gasteiger partial charge in [-0.05, 0) is 18.4 Å². The van der Waals surface area contributed by atoms with E-state index >= 15 is 0 Å². The van der Waals surface area contributed by atoms with Gasteiger partial charge in [0.1, 0.15) is 0 Å². The first-order valence-electron chi connectivity index (χ1n) is 8.16. The van der Waals surface area contributed by atoms with E-state index in [4.69, 9.17) is 4.42 Å². The van der Waals surface area contributed by atoms with Crippen LogP contribution in [0, 0.1) is 0 Å². The van der Waals surface area contributed by atoms with Gasteiger partial charge in [0.25, 0.3) is 0 Å². The molecule has 1 saturated heterocycles. The maximum absolute atomic E-state index is 12.4. The van der Waals surface area contributed by atoms with E-state index in [0.717, 1.165) is 5.56 Å². The van der Waals surface area contributed by atoms with Crippen LogP contribution in [0.15, 0.2) is 34.7 Å². The Morgan fingerprint density at radius 2 is 2.08 bits per heavy atom. The molecule has 1 aliphatic rings. The minimum atomic E-state index is -3.37. The third kappa shape index (κ3) is 4.00. The van der Waals surface area contributed by atoms with Crippen LogP contribution in [0.5, 0.6) is 0 Å². The summed E-state index contributed by atoms with van der Waals surface area (Å²) in [5, 5.41) is 10.6. The Bertz CT molecular complexity index is 761. The second-order valence-electron chi connectivity index (χ2n) is 5.88. The van der Waals surface area contributed by atoms with Gasteiger partial charge in [-0.1, -0.05) is 37.3 Å². The predicted octanol–water partition coefficient (Wildman–Crippen LogP) is 1.20. The fourth-order valence-electron chi connectivity index (χ4n) is 2.78. The lowest BCUT2D eigenvalue weighted by molar-refractivity contribution is 0.405. The van der Waals surface area contributed by atoms with Crippen molar-refractivity contribution in [2.75, 3.05) is 13.1 Å². The quantitative estimate of drug-likeness (QED) is 0.779. The topological polar surface area (TPSA) is 97.1 Å². The molecule has 2 heterocycles. The van der Waals surface area contributed by atoms with Crippen LogP contribution in [-0.2, 0) is 22.9 Å². The van der Waals surface area contributed by atoms with Gasteiger partial charge in [0.2, 0.25) is 21.8 Å². The monoisotopic (exact) mass is 350 g/mol. The van der Waals surface area contributed by atoms with Gasteiger partial charge in [-0.3, -0.25) is 0 Å². The van der Waals surface area contributed by atoms with Gasteiger partial charge < -0.3 is 9.73 Å². The lowest BCUT2D eigenvalue weighted by Crippen LogP contribution is -2.36. The van der Waals surface area contributed by atoms with Gasteiger partial charge in [0.15, 0.2) is 0 Å². The lowest BCUT2D eigenvalue weighted by Gasteiger charge is -2.12. The highest BCUT2D eigenvalue weighted by molar-refractivity contribution is 7.90. The highest BCUT2D eigenvalue weighted by Crippen LogP contribution is 2.25. The number of benzene rings is 1. The zero-order valence-electron chi connectivity index (χ0n) is 13.6. The Morgan fingerprint density at radius 3 is 2.79 bits per heavy atom. The van der Waals surface area contributed by atoms with Crippen molar-refractivity contribution >= 4 is 10.0 Å². The molecule has 0 bridgehead atoms. The van der Waals surface area contributed by atoms with E-state index in [2.05, 4.69) is 20.2 Å². The molecule has 1 aromatic carbocycles. The summed E-state index contributed by atoms with van der Waals surface area (Å²) in [4.78, 5) is 0. The van der Waals surface area contributed by atoms with Crippen LogP contribution in [0.2, 0.25) is 0 Å². The maximum atomic E-state index is 12.4.